The number of esters is 1. The third-order valence-corrected chi connectivity index (χ3v) is 7.15. The largest absolute Gasteiger partial charge is 0.460 e. The molecule has 3 heterocycles. The van der Waals surface area contributed by atoms with Gasteiger partial charge < -0.3 is 19.7 Å². The highest BCUT2D eigenvalue weighted by Crippen LogP contribution is 2.40. The number of nitrogens with zero attached hydrogens (tertiary/aromatic N) is 2. The highest BCUT2D eigenvalue weighted by Gasteiger charge is 2.38. The lowest BCUT2D eigenvalue weighted by Crippen LogP contribution is -2.42. The summed E-state index contributed by atoms with van der Waals surface area (Å²) in [6, 6.07) is 11.0. The van der Waals surface area contributed by atoms with Gasteiger partial charge >= 0.3 is 5.97 Å². The van der Waals surface area contributed by atoms with E-state index in [-0.39, 0.29) is 18.6 Å². The number of thiophene rings is 1. The second-order valence-electron chi connectivity index (χ2n) is 7.38. The van der Waals surface area contributed by atoms with Gasteiger partial charge in [-0.3, -0.25) is 4.79 Å². The minimum Gasteiger partial charge on any atom is -0.460 e. The topological polar surface area (TPSA) is 80.2 Å². The fraction of sp³-hybridized carbons (Fsp3) is 0.348. The fourth-order valence-corrected chi connectivity index (χ4v) is 5.40. The van der Waals surface area contributed by atoms with E-state index in [1.54, 1.807) is 24.9 Å². The minimum absolute atomic E-state index is 0.150. The van der Waals surface area contributed by atoms with Crippen LogP contribution in [0.5, 0.6) is 0 Å². The monoisotopic (exact) mass is 471 g/mol. The first-order chi connectivity index (χ1) is 15.6. The van der Waals surface area contributed by atoms with E-state index in [9.17, 15) is 9.59 Å². The van der Waals surface area contributed by atoms with E-state index in [0.717, 1.165) is 29.4 Å². The van der Waals surface area contributed by atoms with E-state index in [2.05, 4.69) is 10.2 Å². The number of amides is 1. The molecule has 1 unspecified atom stereocenters. The molecule has 1 fully saturated rings. The Balaban J connectivity index is 1.66. The van der Waals surface area contributed by atoms with Gasteiger partial charge in [0.05, 0.1) is 28.8 Å². The van der Waals surface area contributed by atoms with E-state index >= 15 is 0 Å². The van der Waals surface area contributed by atoms with E-state index < -0.39 is 5.97 Å². The molecule has 0 aliphatic carbocycles. The first kappa shape index (κ1) is 22.6. The minimum atomic E-state index is -0.393. The van der Waals surface area contributed by atoms with Crippen LogP contribution in [-0.2, 0) is 14.3 Å². The first-order valence-corrected chi connectivity index (χ1v) is 12.2. The average molecular weight is 472 g/mol. The van der Waals surface area contributed by atoms with Crippen LogP contribution in [0.3, 0.4) is 0 Å². The Labute approximate surface area is 195 Å². The van der Waals surface area contributed by atoms with Crippen molar-refractivity contribution >= 4 is 45.8 Å². The Morgan fingerprint density at radius 3 is 2.91 bits per heavy atom. The average Bonchev–Trinajstić information content (AvgIpc) is 3.33. The zero-order valence-corrected chi connectivity index (χ0v) is 19.6. The van der Waals surface area contributed by atoms with Crippen LogP contribution in [0.15, 0.2) is 58.0 Å². The van der Waals surface area contributed by atoms with Crippen molar-refractivity contribution in [1.82, 2.24) is 4.90 Å². The summed E-state index contributed by atoms with van der Waals surface area (Å²) in [6.07, 6.45) is 1.00. The fourth-order valence-electron chi connectivity index (χ4n) is 3.76. The van der Waals surface area contributed by atoms with E-state index in [4.69, 9.17) is 14.5 Å². The van der Waals surface area contributed by atoms with Gasteiger partial charge in [-0.15, -0.1) is 11.3 Å². The molecule has 0 spiro atoms. The number of aliphatic imine (C=N–C) groups is 1. The molecule has 4 rings (SSSR count). The lowest BCUT2D eigenvalue weighted by molar-refractivity contribution is -0.141. The van der Waals surface area contributed by atoms with Gasteiger partial charge in [-0.1, -0.05) is 30.0 Å². The molecule has 1 amide bonds. The Morgan fingerprint density at radius 2 is 2.12 bits per heavy atom. The molecule has 1 N–H and O–H groups in total. The third kappa shape index (κ3) is 4.90. The smallest absolute Gasteiger partial charge is 0.338 e. The quantitative estimate of drug-likeness (QED) is 0.479. The molecule has 0 saturated carbocycles. The maximum absolute atomic E-state index is 13.1. The molecular weight excluding hydrogens is 446 g/mol. The van der Waals surface area contributed by atoms with Crippen molar-refractivity contribution in [1.29, 1.82) is 0 Å². The van der Waals surface area contributed by atoms with E-state index in [1.165, 1.54) is 11.3 Å². The molecule has 32 heavy (non-hydrogen) atoms. The molecule has 0 radical (unpaired) electrons. The number of fused-ring (bicyclic) bond motifs is 1. The number of thioether (sulfide) groups is 1. The number of hydrogen-bond acceptors (Lipinski definition) is 8. The van der Waals surface area contributed by atoms with Crippen molar-refractivity contribution < 1.29 is 19.1 Å². The number of carbonyl (C=O) groups is 2. The molecule has 2 aromatic rings. The molecule has 2 aliphatic heterocycles. The highest BCUT2D eigenvalue weighted by molar-refractivity contribution is 8.13. The molecule has 1 aromatic heterocycles. The second-order valence-corrected chi connectivity index (χ2v) is 9.39. The highest BCUT2D eigenvalue weighted by atomic mass is 32.2. The Hall–Kier alpha value is -2.62. The Kier molecular flexibility index (Phi) is 7.29. The van der Waals surface area contributed by atoms with Gasteiger partial charge in [-0.05, 0) is 42.5 Å². The molecule has 2 aliphatic rings. The molecule has 1 atom stereocenters. The summed E-state index contributed by atoms with van der Waals surface area (Å²) < 4.78 is 10.5. The zero-order chi connectivity index (χ0) is 22.5. The number of anilines is 1. The number of methoxy groups -OCH3 is 1. The Bertz CT molecular complexity index is 1050. The van der Waals surface area contributed by atoms with Crippen molar-refractivity contribution in [3.8, 4) is 0 Å². The van der Waals surface area contributed by atoms with Gasteiger partial charge in [0.15, 0.2) is 5.17 Å². The number of benzene rings is 1. The van der Waals surface area contributed by atoms with Gasteiger partial charge in [0.2, 0.25) is 0 Å². The lowest BCUT2D eigenvalue weighted by Gasteiger charge is -2.40. The Morgan fingerprint density at radius 1 is 1.25 bits per heavy atom. The predicted molar refractivity (Wildman–Crippen MR) is 128 cm³/mol. The van der Waals surface area contributed by atoms with Crippen LogP contribution in [0.1, 0.15) is 34.6 Å². The number of allylic oxidation sites excluding steroid dienone is 1. The van der Waals surface area contributed by atoms with Crippen LogP contribution in [0.2, 0.25) is 0 Å². The summed E-state index contributed by atoms with van der Waals surface area (Å²) in [5.41, 5.74) is 2.77. The van der Waals surface area contributed by atoms with Gasteiger partial charge in [-0.25, -0.2) is 9.79 Å². The van der Waals surface area contributed by atoms with Crippen molar-refractivity contribution in [3.63, 3.8) is 0 Å². The van der Waals surface area contributed by atoms with Crippen LogP contribution in [0.4, 0.5) is 5.69 Å². The summed E-state index contributed by atoms with van der Waals surface area (Å²) in [7, 11) is 1.57. The maximum atomic E-state index is 13.1. The van der Waals surface area contributed by atoms with Crippen LogP contribution in [0.25, 0.3) is 0 Å². The van der Waals surface area contributed by atoms with Crippen LogP contribution in [0, 0.1) is 0 Å². The summed E-state index contributed by atoms with van der Waals surface area (Å²) in [5.74, 6) is 0.457. The van der Waals surface area contributed by atoms with Gasteiger partial charge in [0.25, 0.3) is 5.91 Å². The third-order valence-electron chi connectivity index (χ3n) is 5.20. The standard InChI is InChI=1S/C23H25N3O4S2/c1-15-19(22(28)30-11-10-29-2)20(26-9-5-13-32-23(26)24-15)16-6-3-7-17(14-16)25-21(27)18-8-4-12-31-18/h3-4,6-8,12,14,20H,5,9-11,13H2,1-2H3,(H,25,27). The number of nitrogens with one attached hydrogen (secondary N) is 1. The number of carbonyl (C=O) groups excluding carboxylic acids is 2. The number of rotatable bonds is 7. The summed E-state index contributed by atoms with van der Waals surface area (Å²) in [5, 5.41) is 5.75. The molecular formula is C23H25N3O4S2. The lowest BCUT2D eigenvalue weighted by atomic mass is 9.94. The molecule has 7 nitrogen and oxygen atoms in total. The van der Waals surface area contributed by atoms with Crippen molar-refractivity contribution in [2.24, 2.45) is 4.99 Å². The second kappa shape index (κ2) is 10.3. The van der Waals surface area contributed by atoms with Gasteiger partial charge in [0, 0.05) is 25.1 Å². The van der Waals surface area contributed by atoms with Crippen LogP contribution >= 0.6 is 23.1 Å². The molecule has 0 bridgehead atoms. The van der Waals surface area contributed by atoms with Crippen molar-refractivity contribution in [2.45, 2.75) is 19.4 Å². The SMILES string of the molecule is COCCOC(=O)C1=C(C)N=C2SCCCN2C1c1cccc(NC(=O)c2cccs2)c1. The number of ether oxygens (including phenoxy) is 2. The van der Waals surface area contributed by atoms with Crippen LogP contribution in [-0.4, -0.2) is 54.6 Å². The van der Waals surface area contributed by atoms with Crippen LogP contribution < -0.4 is 5.32 Å². The molecule has 1 aromatic carbocycles. The molecule has 1 saturated heterocycles. The normalized spacial score (nSPS) is 18.1. The van der Waals surface area contributed by atoms with Gasteiger partial charge in [-0.2, -0.15) is 0 Å². The number of hydrogen-bond donors (Lipinski definition) is 1. The molecule has 168 valence electrons. The van der Waals surface area contributed by atoms with E-state index in [0.29, 0.717) is 28.4 Å². The van der Waals surface area contributed by atoms with Crippen molar-refractivity contribution in [2.75, 3.05) is 37.9 Å². The maximum Gasteiger partial charge on any atom is 0.338 e. The van der Waals surface area contributed by atoms with E-state index in [1.807, 2.05) is 42.6 Å². The molecule has 9 heteroatoms. The van der Waals surface area contributed by atoms with Crippen molar-refractivity contribution in [3.05, 3.63) is 63.5 Å². The first-order valence-electron chi connectivity index (χ1n) is 10.4. The van der Waals surface area contributed by atoms with Gasteiger partial charge in [0.1, 0.15) is 6.61 Å². The summed E-state index contributed by atoms with van der Waals surface area (Å²) >= 11 is 3.09. The number of amidine groups is 1. The zero-order valence-electron chi connectivity index (χ0n) is 18.0. The summed E-state index contributed by atoms with van der Waals surface area (Å²) in [4.78, 5) is 33.1. The summed E-state index contributed by atoms with van der Waals surface area (Å²) in [6.45, 7) is 3.16. The predicted octanol–water partition coefficient (Wildman–Crippen LogP) is 4.31.